The molecule has 1 aliphatic carbocycles. The monoisotopic (exact) mass is 339 g/mol. The van der Waals surface area contributed by atoms with E-state index >= 15 is 0 Å². The molecule has 0 radical (unpaired) electrons. The molecule has 1 aliphatic rings. The van der Waals surface area contributed by atoms with E-state index in [2.05, 4.69) is 5.32 Å². The number of ketones is 2. The van der Waals surface area contributed by atoms with Crippen molar-refractivity contribution in [2.24, 2.45) is 0 Å². The Morgan fingerprint density at radius 2 is 1.86 bits per heavy atom. The summed E-state index contributed by atoms with van der Waals surface area (Å²) < 4.78 is 0. The number of benzene rings is 1. The highest BCUT2D eigenvalue weighted by atomic mass is 35.5. The molecule has 1 unspecified atom stereocenters. The molecule has 22 heavy (non-hydrogen) atoms. The van der Waals surface area contributed by atoms with Crippen LogP contribution in [-0.4, -0.2) is 40.7 Å². The second-order valence-corrected chi connectivity index (χ2v) is 6.07. The number of hydrogen-bond donors (Lipinski definition) is 2. The van der Waals surface area contributed by atoms with E-state index in [1.807, 2.05) is 6.26 Å². The number of Topliss-reactive ketones (excluding diaryl/α,β-unsaturated/α-hetero) is 2. The molecular formula is C15H14ClNO4S. The molecular weight excluding hydrogens is 326 g/mol. The third kappa shape index (κ3) is 3.18. The van der Waals surface area contributed by atoms with Crippen molar-refractivity contribution in [3.63, 3.8) is 0 Å². The highest BCUT2D eigenvalue weighted by Gasteiger charge is 2.33. The van der Waals surface area contributed by atoms with Gasteiger partial charge in [0.15, 0.2) is 0 Å². The van der Waals surface area contributed by atoms with E-state index < -0.39 is 23.6 Å². The highest BCUT2D eigenvalue weighted by Crippen LogP contribution is 2.27. The van der Waals surface area contributed by atoms with Crippen LogP contribution >= 0.6 is 23.4 Å². The molecule has 0 aliphatic heterocycles. The lowest BCUT2D eigenvalue weighted by molar-refractivity contribution is -0.139. The number of aliphatic carboxylic acids is 1. The molecule has 0 spiro atoms. The van der Waals surface area contributed by atoms with Gasteiger partial charge in [-0.3, -0.25) is 9.59 Å². The molecule has 0 saturated carbocycles. The number of carbonyl (C=O) groups is 3. The van der Waals surface area contributed by atoms with Crippen LogP contribution in [0.25, 0.3) is 0 Å². The van der Waals surface area contributed by atoms with Gasteiger partial charge in [-0.2, -0.15) is 11.8 Å². The van der Waals surface area contributed by atoms with Crippen LogP contribution in [0, 0.1) is 0 Å². The number of nitrogens with one attached hydrogen (secondary N) is 1. The van der Waals surface area contributed by atoms with Gasteiger partial charge in [-0.15, -0.1) is 0 Å². The number of allylic oxidation sites excluding steroid dienone is 2. The minimum Gasteiger partial charge on any atom is -0.480 e. The van der Waals surface area contributed by atoms with Gasteiger partial charge in [-0.05, 0) is 18.4 Å². The summed E-state index contributed by atoms with van der Waals surface area (Å²) in [7, 11) is 0. The number of halogens is 1. The Labute approximate surface area is 136 Å². The van der Waals surface area contributed by atoms with Gasteiger partial charge in [0.2, 0.25) is 11.6 Å². The van der Waals surface area contributed by atoms with Crippen LogP contribution in [0.1, 0.15) is 27.1 Å². The topological polar surface area (TPSA) is 83.5 Å². The van der Waals surface area contributed by atoms with Gasteiger partial charge >= 0.3 is 5.97 Å². The van der Waals surface area contributed by atoms with Crippen LogP contribution in [0.3, 0.4) is 0 Å². The maximum Gasteiger partial charge on any atom is 0.326 e. The smallest absolute Gasteiger partial charge is 0.326 e. The standard InChI is InChI=1S/C15H14ClNO4S/c1-22-7-6-10(15(20)21)17-12-11(16)13(18)8-4-2-3-5-9(8)14(12)19/h2-5,10,17H,6-7H2,1H3,(H,20,21). The average Bonchev–Trinajstić information content (AvgIpc) is 2.52. The molecule has 0 bridgehead atoms. The Morgan fingerprint density at radius 3 is 2.41 bits per heavy atom. The van der Waals surface area contributed by atoms with Crippen molar-refractivity contribution >= 4 is 40.9 Å². The summed E-state index contributed by atoms with van der Waals surface area (Å²) >= 11 is 7.48. The second-order valence-electron chi connectivity index (χ2n) is 4.71. The van der Waals surface area contributed by atoms with Crippen molar-refractivity contribution in [2.45, 2.75) is 12.5 Å². The second kappa shape index (κ2) is 6.98. The Morgan fingerprint density at radius 1 is 1.27 bits per heavy atom. The number of carboxylic acids is 1. The van der Waals surface area contributed by atoms with Gasteiger partial charge in [-0.25, -0.2) is 4.79 Å². The summed E-state index contributed by atoms with van der Waals surface area (Å²) in [4.78, 5) is 35.9. The molecule has 1 aromatic carbocycles. The molecule has 116 valence electrons. The SMILES string of the molecule is CSCCC(NC1=C(Cl)C(=O)c2ccccc2C1=O)C(=O)O. The Balaban J connectivity index is 2.34. The first kappa shape index (κ1) is 16.6. The number of fused-ring (bicyclic) bond motifs is 1. The number of carboxylic acid groups (broad SMARTS) is 1. The molecule has 1 atom stereocenters. The summed E-state index contributed by atoms with van der Waals surface area (Å²) in [6, 6.07) is 5.36. The third-order valence-electron chi connectivity index (χ3n) is 3.29. The molecule has 2 rings (SSSR count). The zero-order chi connectivity index (χ0) is 16.3. The fourth-order valence-corrected chi connectivity index (χ4v) is 2.86. The van der Waals surface area contributed by atoms with E-state index in [0.29, 0.717) is 12.2 Å². The van der Waals surface area contributed by atoms with Gasteiger partial charge in [0.25, 0.3) is 0 Å². The number of carbonyl (C=O) groups excluding carboxylic acids is 2. The van der Waals surface area contributed by atoms with Gasteiger partial charge in [0, 0.05) is 11.1 Å². The van der Waals surface area contributed by atoms with Crippen LogP contribution in [0.5, 0.6) is 0 Å². The van der Waals surface area contributed by atoms with E-state index in [0.717, 1.165) is 0 Å². The van der Waals surface area contributed by atoms with E-state index in [9.17, 15) is 19.5 Å². The minimum atomic E-state index is -1.09. The normalized spacial score (nSPS) is 15.5. The van der Waals surface area contributed by atoms with E-state index in [4.69, 9.17) is 11.6 Å². The lowest BCUT2D eigenvalue weighted by atomic mass is 9.92. The zero-order valence-corrected chi connectivity index (χ0v) is 13.3. The maximum absolute atomic E-state index is 12.4. The van der Waals surface area contributed by atoms with Crippen molar-refractivity contribution in [1.29, 1.82) is 0 Å². The Hall–Kier alpha value is -1.79. The van der Waals surface area contributed by atoms with Gasteiger partial charge in [0.1, 0.15) is 16.8 Å². The average molecular weight is 340 g/mol. The van der Waals surface area contributed by atoms with Crippen LogP contribution in [0.2, 0.25) is 0 Å². The number of rotatable bonds is 6. The molecule has 1 aromatic rings. The summed E-state index contributed by atoms with van der Waals surface area (Å²) in [6.07, 6.45) is 2.17. The summed E-state index contributed by atoms with van der Waals surface area (Å²) in [5.74, 6) is -1.43. The molecule has 0 saturated heterocycles. The highest BCUT2D eigenvalue weighted by molar-refractivity contribution is 7.98. The molecule has 2 N–H and O–H groups in total. The zero-order valence-electron chi connectivity index (χ0n) is 11.8. The molecule has 0 heterocycles. The number of thioether (sulfide) groups is 1. The lowest BCUT2D eigenvalue weighted by Gasteiger charge is -2.22. The van der Waals surface area contributed by atoms with Crippen molar-refractivity contribution in [2.75, 3.05) is 12.0 Å². The van der Waals surface area contributed by atoms with Crippen LogP contribution in [0.15, 0.2) is 35.0 Å². The van der Waals surface area contributed by atoms with Gasteiger partial charge in [0.05, 0.1) is 0 Å². The summed E-state index contributed by atoms with van der Waals surface area (Å²) in [5.41, 5.74) is 0.325. The molecule has 0 aromatic heterocycles. The van der Waals surface area contributed by atoms with Crippen molar-refractivity contribution in [1.82, 2.24) is 5.32 Å². The van der Waals surface area contributed by atoms with Gasteiger partial charge < -0.3 is 10.4 Å². The van der Waals surface area contributed by atoms with E-state index in [1.54, 1.807) is 12.1 Å². The van der Waals surface area contributed by atoms with Crippen LogP contribution in [0.4, 0.5) is 0 Å². The molecule has 7 heteroatoms. The maximum atomic E-state index is 12.4. The predicted molar refractivity (Wildman–Crippen MR) is 85.5 cm³/mol. The van der Waals surface area contributed by atoms with Crippen molar-refractivity contribution in [3.8, 4) is 0 Å². The van der Waals surface area contributed by atoms with E-state index in [1.165, 1.54) is 23.9 Å². The quantitative estimate of drug-likeness (QED) is 0.827. The first-order chi connectivity index (χ1) is 10.5. The Bertz CT molecular complexity index is 671. The fourth-order valence-electron chi connectivity index (χ4n) is 2.14. The lowest BCUT2D eigenvalue weighted by Crippen LogP contribution is -2.41. The molecule has 0 amide bonds. The fraction of sp³-hybridized carbons (Fsp3) is 0.267. The molecule has 0 fully saturated rings. The van der Waals surface area contributed by atoms with Crippen molar-refractivity contribution < 1.29 is 19.5 Å². The third-order valence-corrected chi connectivity index (χ3v) is 4.29. The predicted octanol–water partition coefficient (Wildman–Crippen LogP) is 2.31. The van der Waals surface area contributed by atoms with Crippen LogP contribution < -0.4 is 5.32 Å². The minimum absolute atomic E-state index is 0.140. The van der Waals surface area contributed by atoms with Crippen molar-refractivity contribution in [3.05, 3.63) is 46.1 Å². The Kier molecular flexibility index (Phi) is 5.26. The first-order valence-electron chi connectivity index (χ1n) is 6.53. The number of hydrogen-bond acceptors (Lipinski definition) is 5. The molecule has 5 nitrogen and oxygen atoms in total. The largest absolute Gasteiger partial charge is 0.480 e. The summed E-state index contributed by atoms with van der Waals surface area (Å²) in [6.45, 7) is 0. The first-order valence-corrected chi connectivity index (χ1v) is 8.31. The van der Waals surface area contributed by atoms with Crippen LogP contribution in [-0.2, 0) is 4.79 Å². The summed E-state index contributed by atoms with van der Waals surface area (Å²) in [5, 5.41) is 11.6. The van der Waals surface area contributed by atoms with E-state index in [-0.39, 0.29) is 21.9 Å². The van der Waals surface area contributed by atoms with Gasteiger partial charge in [-0.1, -0.05) is 35.9 Å².